The zero-order valence-electron chi connectivity index (χ0n) is 8.97. The van der Waals surface area contributed by atoms with E-state index in [0.29, 0.717) is 13.2 Å². The highest BCUT2D eigenvalue weighted by Gasteiger charge is 2.49. The summed E-state index contributed by atoms with van der Waals surface area (Å²) in [5.74, 6) is 0.139. The summed E-state index contributed by atoms with van der Waals surface area (Å²) in [6.07, 6.45) is 3.65. The average molecular weight is 198 g/mol. The van der Waals surface area contributed by atoms with Crippen molar-refractivity contribution in [3.8, 4) is 0 Å². The number of hydrogen-bond acceptors (Lipinski definition) is 3. The maximum absolute atomic E-state index is 12.2. The summed E-state index contributed by atoms with van der Waals surface area (Å²) in [6, 6.07) is 0. The minimum atomic E-state index is -0.584. The molecule has 2 rings (SSSR count). The van der Waals surface area contributed by atoms with Crippen LogP contribution in [-0.4, -0.2) is 30.2 Å². The molecule has 3 heteroatoms. The molecule has 0 N–H and O–H groups in total. The Morgan fingerprint density at radius 1 is 1.00 bits per heavy atom. The van der Waals surface area contributed by atoms with Gasteiger partial charge in [-0.25, -0.2) is 0 Å². The van der Waals surface area contributed by atoms with Crippen LogP contribution in [0.5, 0.6) is 0 Å². The van der Waals surface area contributed by atoms with Gasteiger partial charge in [-0.15, -0.1) is 0 Å². The monoisotopic (exact) mass is 198 g/mol. The molecule has 0 bridgehead atoms. The molecule has 0 spiro atoms. The molecule has 0 aromatic heterocycles. The Morgan fingerprint density at radius 3 is 1.71 bits per heavy atom. The van der Waals surface area contributed by atoms with Crippen LogP contribution in [0.3, 0.4) is 0 Å². The van der Waals surface area contributed by atoms with Crippen molar-refractivity contribution in [1.82, 2.24) is 0 Å². The van der Waals surface area contributed by atoms with E-state index in [1.165, 1.54) is 0 Å². The molecule has 2 saturated heterocycles. The van der Waals surface area contributed by atoms with Gasteiger partial charge in [0.05, 0.1) is 0 Å². The van der Waals surface area contributed by atoms with Crippen molar-refractivity contribution in [1.29, 1.82) is 0 Å². The van der Waals surface area contributed by atoms with Crippen molar-refractivity contribution in [2.45, 2.75) is 50.7 Å². The molecule has 2 fully saturated rings. The fourth-order valence-corrected chi connectivity index (χ4v) is 2.48. The predicted molar refractivity (Wildman–Crippen MR) is 52.2 cm³/mol. The summed E-state index contributed by atoms with van der Waals surface area (Å²) in [6.45, 7) is 5.21. The lowest BCUT2D eigenvalue weighted by molar-refractivity contribution is -0.156. The maximum atomic E-state index is 12.2. The van der Waals surface area contributed by atoms with Gasteiger partial charge >= 0.3 is 0 Å². The van der Waals surface area contributed by atoms with Gasteiger partial charge in [-0.3, -0.25) is 4.79 Å². The first-order valence-corrected chi connectivity index (χ1v) is 5.40. The number of carbonyl (C=O) groups excluding carboxylic acids is 1. The van der Waals surface area contributed by atoms with Crippen LogP contribution >= 0.6 is 0 Å². The summed E-state index contributed by atoms with van der Waals surface area (Å²) in [5, 5.41) is 0. The second kappa shape index (κ2) is 3.31. The molecule has 80 valence electrons. The van der Waals surface area contributed by atoms with E-state index in [4.69, 9.17) is 9.47 Å². The van der Waals surface area contributed by atoms with E-state index in [1.54, 1.807) is 0 Å². The van der Waals surface area contributed by atoms with E-state index in [0.717, 1.165) is 25.7 Å². The zero-order chi connectivity index (χ0) is 10.2. The van der Waals surface area contributed by atoms with Crippen LogP contribution < -0.4 is 0 Å². The Morgan fingerprint density at radius 2 is 1.43 bits per heavy atom. The van der Waals surface area contributed by atoms with Gasteiger partial charge in [0.15, 0.2) is 5.78 Å². The van der Waals surface area contributed by atoms with Crippen molar-refractivity contribution in [3.05, 3.63) is 0 Å². The molecule has 0 saturated carbocycles. The Labute approximate surface area is 84.8 Å². The summed E-state index contributed by atoms with van der Waals surface area (Å²) in [5.41, 5.74) is -1.17. The largest absolute Gasteiger partial charge is 0.367 e. The van der Waals surface area contributed by atoms with E-state index in [1.807, 2.05) is 13.8 Å². The van der Waals surface area contributed by atoms with Crippen LogP contribution in [0, 0.1) is 0 Å². The first-order chi connectivity index (χ1) is 6.57. The lowest BCUT2D eigenvalue weighted by atomic mass is 9.84. The molecule has 2 aliphatic heterocycles. The van der Waals surface area contributed by atoms with Gasteiger partial charge in [0.25, 0.3) is 0 Å². The Balaban J connectivity index is 2.13. The van der Waals surface area contributed by atoms with Crippen molar-refractivity contribution >= 4 is 5.78 Å². The summed E-state index contributed by atoms with van der Waals surface area (Å²) >= 11 is 0. The SMILES string of the molecule is CC1(C(=O)C2(C)CCCO2)CCCO1. The minimum absolute atomic E-state index is 0.139. The minimum Gasteiger partial charge on any atom is -0.367 e. The van der Waals surface area contributed by atoms with Crippen LogP contribution in [0.25, 0.3) is 0 Å². The molecule has 2 heterocycles. The van der Waals surface area contributed by atoms with Gasteiger partial charge in [0, 0.05) is 13.2 Å². The number of Topliss-reactive ketones (excluding diaryl/α,β-unsaturated/α-hetero) is 1. The molecule has 0 aromatic rings. The van der Waals surface area contributed by atoms with E-state index in [9.17, 15) is 4.79 Å². The van der Waals surface area contributed by atoms with Gasteiger partial charge in [-0.05, 0) is 39.5 Å². The van der Waals surface area contributed by atoms with Crippen molar-refractivity contribution < 1.29 is 14.3 Å². The molecule has 0 radical (unpaired) electrons. The van der Waals surface area contributed by atoms with Gasteiger partial charge in [-0.2, -0.15) is 0 Å². The van der Waals surface area contributed by atoms with Crippen molar-refractivity contribution in [2.24, 2.45) is 0 Å². The molecule has 3 nitrogen and oxygen atoms in total. The second-order valence-corrected chi connectivity index (χ2v) is 4.69. The third-order valence-electron chi connectivity index (χ3n) is 3.40. The third-order valence-corrected chi connectivity index (χ3v) is 3.40. The third kappa shape index (κ3) is 1.48. The van der Waals surface area contributed by atoms with E-state index in [-0.39, 0.29) is 5.78 Å². The quantitative estimate of drug-likeness (QED) is 0.677. The van der Waals surface area contributed by atoms with E-state index in [2.05, 4.69) is 0 Å². The molecular weight excluding hydrogens is 180 g/mol. The smallest absolute Gasteiger partial charge is 0.195 e. The number of carbonyl (C=O) groups is 1. The number of hydrogen-bond donors (Lipinski definition) is 0. The number of rotatable bonds is 2. The van der Waals surface area contributed by atoms with E-state index >= 15 is 0 Å². The fourth-order valence-electron chi connectivity index (χ4n) is 2.48. The average Bonchev–Trinajstić information content (AvgIpc) is 2.75. The molecule has 2 atom stereocenters. The van der Waals surface area contributed by atoms with Crippen LogP contribution in [0.1, 0.15) is 39.5 Å². The first-order valence-electron chi connectivity index (χ1n) is 5.40. The molecule has 14 heavy (non-hydrogen) atoms. The van der Waals surface area contributed by atoms with Crippen LogP contribution in [-0.2, 0) is 14.3 Å². The van der Waals surface area contributed by atoms with Gasteiger partial charge in [0.2, 0.25) is 0 Å². The summed E-state index contributed by atoms with van der Waals surface area (Å²) < 4.78 is 11.1. The van der Waals surface area contributed by atoms with Crippen LogP contribution in [0.15, 0.2) is 0 Å². The lowest BCUT2D eigenvalue weighted by Crippen LogP contribution is -2.49. The highest BCUT2D eigenvalue weighted by Crippen LogP contribution is 2.36. The normalized spacial score (nSPS) is 43.0. The van der Waals surface area contributed by atoms with Crippen LogP contribution in [0.4, 0.5) is 0 Å². The molecule has 2 aliphatic rings. The number of ketones is 1. The van der Waals surface area contributed by atoms with Crippen LogP contribution in [0.2, 0.25) is 0 Å². The molecule has 0 aliphatic carbocycles. The molecule has 0 amide bonds. The maximum Gasteiger partial charge on any atom is 0.195 e. The zero-order valence-corrected chi connectivity index (χ0v) is 8.97. The Kier molecular flexibility index (Phi) is 2.40. The molecule has 0 aromatic carbocycles. The number of ether oxygens (including phenoxy) is 2. The molecular formula is C11H18O3. The van der Waals surface area contributed by atoms with Gasteiger partial charge < -0.3 is 9.47 Å². The van der Waals surface area contributed by atoms with E-state index < -0.39 is 11.2 Å². The van der Waals surface area contributed by atoms with Crippen molar-refractivity contribution in [2.75, 3.05) is 13.2 Å². The standard InChI is InChI=1S/C11H18O3/c1-10(5-3-7-13-10)9(12)11(2)6-4-8-14-11/h3-8H2,1-2H3. The highest BCUT2D eigenvalue weighted by molar-refractivity contribution is 5.94. The molecule has 2 unspecified atom stereocenters. The summed E-state index contributed by atoms with van der Waals surface area (Å²) in [4.78, 5) is 12.2. The topological polar surface area (TPSA) is 35.5 Å². The summed E-state index contributed by atoms with van der Waals surface area (Å²) in [7, 11) is 0. The van der Waals surface area contributed by atoms with Gasteiger partial charge in [0.1, 0.15) is 11.2 Å². The Bertz CT molecular complexity index is 211. The fraction of sp³-hybridized carbons (Fsp3) is 0.909. The predicted octanol–water partition coefficient (Wildman–Crippen LogP) is 1.69. The van der Waals surface area contributed by atoms with Gasteiger partial charge in [-0.1, -0.05) is 0 Å². The van der Waals surface area contributed by atoms with Crippen molar-refractivity contribution in [3.63, 3.8) is 0 Å². The first kappa shape index (κ1) is 10.1. The Hall–Kier alpha value is -0.410. The highest BCUT2D eigenvalue weighted by atomic mass is 16.5. The second-order valence-electron chi connectivity index (χ2n) is 4.69. The lowest BCUT2D eigenvalue weighted by Gasteiger charge is -2.31.